The number of rotatable bonds is 11. The van der Waals surface area contributed by atoms with Crippen molar-refractivity contribution in [2.45, 2.75) is 44.7 Å². The minimum atomic E-state index is -4.30. The Morgan fingerprint density at radius 3 is 2.22 bits per heavy atom. The van der Waals surface area contributed by atoms with Crippen LogP contribution in [0.2, 0.25) is 0 Å². The van der Waals surface area contributed by atoms with E-state index < -0.39 is 34.3 Å². The number of amides is 2. The molecular weight excluding hydrogens is 493 g/mol. The molecule has 1 N–H and O–H groups in total. The standard InChI is InChI=1S/C28H32FN3O4S/c1-4-18-30-28(34)22(3)31(19-23-13-9-8-12-21(23)2)27(33)20-32(26-17-11-10-16-25(26)29)37(35,36)24-14-6-5-7-15-24/h5-17,22H,4,18-20H2,1-3H3,(H,30,34). The van der Waals surface area contributed by atoms with Crippen LogP contribution in [0.15, 0.2) is 83.8 Å². The maximum atomic E-state index is 14.9. The lowest BCUT2D eigenvalue weighted by Gasteiger charge is -2.32. The van der Waals surface area contributed by atoms with Gasteiger partial charge in [-0.1, -0.05) is 61.5 Å². The highest BCUT2D eigenvalue weighted by Crippen LogP contribution is 2.27. The van der Waals surface area contributed by atoms with Crippen molar-refractivity contribution in [3.63, 3.8) is 0 Å². The van der Waals surface area contributed by atoms with Gasteiger partial charge < -0.3 is 10.2 Å². The second kappa shape index (κ2) is 12.5. The fourth-order valence-electron chi connectivity index (χ4n) is 3.84. The van der Waals surface area contributed by atoms with E-state index in [0.717, 1.165) is 27.9 Å². The molecule has 0 spiro atoms. The quantitative estimate of drug-likeness (QED) is 0.405. The molecule has 3 rings (SSSR count). The average Bonchev–Trinajstić information content (AvgIpc) is 2.90. The summed E-state index contributed by atoms with van der Waals surface area (Å²) in [6.45, 7) is 5.25. The number of hydrogen-bond acceptors (Lipinski definition) is 4. The van der Waals surface area contributed by atoms with Crippen LogP contribution in [-0.4, -0.2) is 44.3 Å². The fourth-order valence-corrected chi connectivity index (χ4v) is 5.28. The molecular formula is C28H32FN3O4S. The van der Waals surface area contributed by atoms with Crippen LogP contribution in [0, 0.1) is 12.7 Å². The summed E-state index contributed by atoms with van der Waals surface area (Å²) in [5.41, 5.74) is 1.48. The number of nitrogens with zero attached hydrogens (tertiary/aromatic N) is 2. The van der Waals surface area contributed by atoms with Gasteiger partial charge in [0.05, 0.1) is 10.6 Å². The topological polar surface area (TPSA) is 86.8 Å². The van der Waals surface area contributed by atoms with Crippen LogP contribution in [0.4, 0.5) is 10.1 Å². The van der Waals surface area contributed by atoms with Gasteiger partial charge in [-0.2, -0.15) is 0 Å². The number of aryl methyl sites for hydroxylation is 1. The molecule has 0 bridgehead atoms. The van der Waals surface area contributed by atoms with Crippen molar-refractivity contribution >= 4 is 27.5 Å². The molecule has 196 valence electrons. The Morgan fingerprint density at radius 1 is 0.946 bits per heavy atom. The summed E-state index contributed by atoms with van der Waals surface area (Å²) in [5, 5.41) is 2.79. The van der Waals surface area contributed by atoms with Crippen molar-refractivity contribution in [1.82, 2.24) is 10.2 Å². The average molecular weight is 526 g/mol. The lowest BCUT2D eigenvalue weighted by Crippen LogP contribution is -2.51. The van der Waals surface area contributed by atoms with Gasteiger partial charge in [-0.15, -0.1) is 0 Å². The van der Waals surface area contributed by atoms with E-state index in [-0.39, 0.29) is 23.0 Å². The molecule has 0 heterocycles. The molecule has 3 aromatic carbocycles. The molecule has 7 nitrogen and oxygen atoms in total. The fraction of sp³-hybridized carbons (Fsp3) is 0.286. The van der Waals surface area contributed by atoms with Crippen molar-refractivity contribution in [2.24, 2.45) is 0 Å². The van der Waals surface area contributed by atoms with Crippen molar-refractivity contribution in [2.75, 3.05) is 17.4 Å². The lowest BCUT2D eigenvalue weighted by molar-refractivity contribution is -0.139. The first kappa shape index (κ1) is 27.9. The first-order valence-corrected chi connectivity index (χ1v) is 13.5. The molecule has 0 aliphatic carbocycles. The zero-order valence-corrected chi connectivity index (χ0v) is 22.0. The summed E-state index contributed by atoms with van der Waals surface area (Å²) in [6.07, 6.45) is 0.723. The smallest absolute Gasteiger partial charge is 0.264 e. The van der Waals surface area contributed by atoms with E-state index in [1.165, 1.54) is 35.2 Å². The van der Waals surface area contributed by atoms with Gasteiger partial charge in [-0.05, 0) is 55.7 Å². The summed E-state index contributed by atoms with van der Waals surface area (Å²) < 4.78 is 42.9. The number of para-hydroxylation sites is 1. The number of nitrogens with one attached hydrogen (secondary N) is 1. The second-order valence-corrected chi connectivity index (χ2v) is 10.6. The number of hydrogen-bond donors (Lipinski definition) is 1. The highest BCUT2D eigenvalue weighted by Gasteiger charge is 2.33. The maximum Gasteiger partial charge on any atom is 0.264 e. The van der Waals surface area contributed by atoms with E-state index in [0.29, 0.717) is 6.54 Å². The molecule has 1 atom stereocenters. The summed E-state index contributed by atoms with van der Waals surface area (Å²) >= 11 is 0. The third-order valence-corrected chi connectivity index (χ3v) is 7.82. The largest absolute Gasteiger partial charge is 0.354 e. The number of carbonyl (C=O) groups excluding carboxylic acids is 2. The van der Waals surface area contributed by atoms with E-state index in [1.807, 2.05) is 38.1 Å². The summed E-state index contributed by atoms with van der Waals surface area (Å²) in [5.74, 6) is -1.77. The van der Waals surface area contributed by atoms with Gasteiger partial charge in [0.25, 0.3) is 10.0 Å². The predicted octanol–water partition coefficient (Wildman–Crippen LogP) is 4.27. The Balaban J connectivity index is 2.03. The van der Waals surface area contributed by atoms with Crippen LogP contribution in [0.3, 0.4) is 0 Å². The van der Waals surface area contributed by atoms with Crippen LogP contribution >= 0.6 is 0 Å². The van der Waals surface area contributed by atoms with Gasteiger partial charge in [-0.3, -0.25) is 13.9 Å². The van der Waals surface area contributed by atoms with Crippen molar-refractivity contribution < 1.29 is 22.4 Å². The molecule has 0 saturated heterocycles. The number of benzene rings is 3. The molecule has 0 fully saturated rings. The summed E-state index contributed by atoms with van der Waals surface area (Å²) in [6, 6.07) is 19.5. The lowest BCUT2D eigenvalue weighted by atomic mass is 10.1. The zero-order valence-electron chi connectivity index (χ0n) is 21.2. The second-order valence-electron chi connectivity index (χ2n) is 8.69. The molecule has 0 radical (unpaired) electrons. The highest BCUT2D eigenvalue weighted by atomic mass is 32.2. The van der Waals surface area contributed by atoms with Crippen LogP contribution < -0.4 is 9.62 Å². The van der Waals surface area contributed by atoms with E-state index in [2.05, 4.69) is 5.32 Å². The zero-order chi connectivity index (χ0) is 27.0. The molecule has 2 amide bonds. The highest BCUT2D eigenvalue weighted by molar-refractivity contribution is 7.92. The van der Waals surface area contributed by atoms with Crippen LogP contribution in [0.25, 0.3) is 0 Å². The monoisotopic (exact) mass is 525 g/mol. The Hall–Kier alpha value is -3.72. The molecule has 0 aliphatic rings. The van der Waals surface area contributed by atoms with Crippen LogP contribution in [0.1, 0.15) is 31.4 Å². The Kier molecular flexibility index (Phi) is 9.41. The Labute approximate surface area is 218 Å². The van der Waals surface area contributed by atoms with Crippen LogP contribution in [0.5, 0.6) is 0 Å². The molecule has 0 aromatic heterocycles. The minimum absolute atomic E-state index is 0.0785. The van der Waals surface area contributed by atoms with Gasteiger partial charge in [0, 0.05) is 13.1 Å². The summed E-state index contributed by atoms with van der Waals surface area (Å²) in [7, 11) is -4.30. The van der Waals surface area contributed by atoms with Crippen molar-refractivity contribution in [1.29, 1.82) is 0 Å². The van der Waals surface area contributed by atoms with Gasteiger partial charge in [0.1, 0.15) is 18.4 Å². The first-order valence-electron chi connectivity index (χ1n) is 12.1. The van der Waals surface area contributed by atoms with E-state index >= 15 is 0 Å². The van der Waals surface area contributed by atoms with Gasteiger partial charge in [0.15, 0.2) is 0 Å². The van der Waals surface area contributed by atoms with E-state index in [9.17, 15) is 22.4 Å². The van der Waals surface area contributed by atoms with E-state index in [1.54, 1.807) is 25.1 Å². The normalized spacial score (nSPS) is 12.0. The Morgan fingerprint density at radius 2 is 1.57 bits per heavy atom. The molecule has 0 aliphatic heterocycles. The molecule has 1 unspecified atom stereocenters. The van der Waals surface area contributed by atoms with Gasteiger partial charge in [-0.25, -0.2) is 12.8 Å². The molecule has 0 saturated carbocycles. The molecule has 3 aromatic rings. The summed E-state index contributed by atoms with van der Waals surface area (Å²) in [4.78, 5) is 27.9. The third kappa shape index (κ3) is 6.74. The molecule has 37 heavy (non-hydrogen) atoms. The number of halogens is 1. The molecule has 9 heteroatoms. The van der Waals surface area contributed by atoms with Crippen LogP contribution in [-0.2, 0) is 26.2 Å². The number of sulfonamides is 1. The Bertz CT molecular complexity index is 1330. The predicted molar refractivity (Wildman–Crippen MR) is 142 cm³/mol. The first-order chi connectivity index (χ1) is 17.7. The SMILES string of the molecule is CCCNC(=O)C(C)N(Cc1ccccc1C)C(=O)CN(c1ccccc1F)S(=O)(=O)c1ccccc1. The van der Waals surface area contributed by atoms with E-state index in [4.69, 9.17) is 0 Å². The minimum Gasteiger partial charge on any atom is -0.354 e. The van der Waals surface area contributed by atoms with Gasteiger partial charge >= 0.3 is 0 Å². The third-order valence-electron chi connectivity index (χ3n) is 6.05. The van der Waals surface area contributed by atoms with Crippen molar-refractivity contribution in [3.8, 4) is 0 Å². The van der Waals surface area contributed by atoms with Crippen molar-refractivity contribution in [3.05, 3.63) is 95.8 Å². The number of carbonyl (C=O) groups is 2. The number of anilines is 1. The maximum absolute atomic E-state index is 14.9. The van der Waals surface area contributed by atoms with Gasteiger partial charge in [0.2, 0.25) is 11.8 Å².